The summed E-state index contributed by atoms with van der Waals surface area (Å²) in [5, 5.41) is 18.5. The van der Waals surface area contributed by atoms with Gasteiger partial charge in [0, 0.05) is 13.0 Å². The predicted octanol–water partition coefficient (Wildman–Crippen LogP) is 1.04. The third kappa shape index (κ3) is 2.33. The van der Waals surface area contributed by atoms with E-state index < -0.39 is 18.0 Å². The molecule has 0 unspecified atom stereocenters. The molecule has 0 bridgehead atoms. The van der Waals surface area contributed by atoms with Gasteiger partial charge >= 0.3 is 5.97 Å². The van der Waals surface area contributed by atoms with Gasteiger partial charge in [0.15, 0.2) is 0 Å². The van der Waals surface area contributed by atoms with Gasteiger partial charge in [0.2, 0.25) is 5.91 Å². The zero-order valence-corrected chi connectivity index (χ0v) is 10.7. The Morgan fingerprint density at radius 3 is 2.53 bits per heavy atom. The fourth-order valence-corrected chi connectivity index (χ4v) is 2.44. The van der Waals surface area contributed by atoms with E-state index in [0.29, 0.717) is 0 Å². The van der Waals surface area contributed by atoms with Crippen molar-refractivity contribution in [3.05, 3.63) is 35.9 Å². The first-order valence-corrected chi connectivity index (χ1v) is 6.19. The van der Waals surface area contributed by atoms with E-state index in [1.807, 2.05) is 37.3 Å². The highest BCUT2D eigenvalue weighted by Crippen LogP contribution is 2.36. The average Bonchev–Trinajstić information content (AvgIpc) is 2.77. The molecule has 0 saturated carbocycles. The number of carbonyl (C=O) groups is 2. The number of carboxylic acids is 1. The summed E-state index contributed by atoms with van der Waals surface area (Å²) < 4.78 is 0. The van der Waals surface area contributed by atoms with Crippen molar-refractivity contribution in [3.8, 4) is 0 Å². The third-order valence-corrected chi connectivity index (χ3v) is 3.79. The number of likely N-dealkylation sites (tertiary alicyclic amines) is 1. The topological polar surface area (TPSA) is 77.8 Å². The van der Waals surface area contributed by atoms with Crippen LogP contribution in [0.15, 0.2) is 30.3 Å². The SMILES string of the molecule is C[C@H](c1ccccc1)N1C[C@@](CO)(C(=O)O)CC1=O. The Morgan fingerprint density at radius 1 is 1.42 bits per heavy atom. The van der Waals surface area contributed by atoms with E-state index in [0.717, 1.165) is 5.56 Å². The van der Waals surface area contributed by atoms with E-state index in [9.17, 15) is 19.8 Å². The fourth-order valence-electron chi connectivity index (χ4n) is 2.44. The van der Waals surface area contributed by atoms with Crippen LogP contribution >= 0.6 is 0 Å². The summed E-state index contributed by atoms with van der Waals surface area (Å²) in [7, 11) is 0. The summed E-state index contributed by atoms with van der Waals surface area (Å²) in [6.07, 6.45) is -0.143. The molecular formula is C14H17NO4. The summed E-state index contributed by atoms with van der Waals surface area (Å²) in [4.78, 5) is 24.8. The molecule has 1 amide bonds. The van der Waals surface area contributed by atoms with Crippen LogP contribution in [0.5, 0.6) is 0 Å². The van der Waals surface area contributed by atoms with E-state index in [4.69, 9.17) is 0 Å². The standard InChI is InChI=1S/C14H17NO4/c1-10(11-5-3-2-4-6-11)15-8-14(9-16,13(18)19)7-12(15)17/h2-6,10,16H,7-9H2,1H3,(H,18,19)/t10-,14+/m1/s1. The number of aliphatic hydroxyl groups is 1. The molecule has 1 aliphatic rings. The maximum atomic E-state index is 12.0. The van der Waals surface area contributed by atoms with Gasteiger partial charge in [-0.1, -0.05) is 30.3 Å². The second-order valence-corrected chi connectivity index (χ2v) is 5.03. The first-order chi connectivity index (χ1) is 9.00. The van der Waals surface area contributed by atoms with Crippen molar-refractivity contribution >= 4 is 11.9 Å². The summed E-state index contributed by atoms with van der Waals surface area (Å²) >= 11 is 0. The maximum absolute atomic E-state index is 12.0. The van der Waals surface area contributed by atoms with Crippen LogP contribution in [0.1, 0.15) is 24.9 Å². The Bertz CT molecular complexity index is 487. The maximum Gasteiger partial charge on any atom is 0.314 e. The van der Waals surface area contributed by atoms with Crippen molar-refractivity contribution in [1.29, 1.82) is 0 Å². The van der Waals surface area contributed by atoms with Gasteiger partial charge in [-0.05, 0) is 12.5 Å². The average molecular weight is 263 g/mol. The lowest BCUT2D eigenvalue weighted by Gasteiger charge is -2.27. The normalized spacial score (nSPS) is 24.5. The highest BCUT2D eigenvalue weighted by molar-refractivity contribution is 5.89. The van der Waals surface area contributed by atoms with Crippen LogP contribution in [0, 0.1) is 5.41 Å². The summed E-state index contributed by atoms with van der Waals surface area (Å²) in [5.74, 6) is -1.35. The highest BCUT2D eigenvalue weighted by atomic mass is 16.4. The van der Waals surface area contributed by atoms with E-state index in [1.165, 1.54) is 4.90 Å². The molecule has 1 aliphatic heterocycles. The van der Waals surface area contributed by atoms with Crippen LogP contribution in [-0.2, 0) is 9.59 Å². The molecule has 19 heavy (non-hydrogen) atoms. The molecule has 1 saturated heterocycles. The molecule has 1 fully saturated rings. The van der Waals surface area contributed by atoms with E-state index in [-0.39, 0.29) is 24.9 Å². The van der Waals surface area contributed by atoms with E-state index in [1.54, 1.807) is 0 Å². The fraction of sp³-hybridized carbons (Fsp3) is 0.429. The van der Waals surface area contributed by atoms with Gasteiger partial charge in [-0.15, -0.1) is 0 Å². The second-order valence-electron chi connectivity index (χ2n) is 5.03. The highest BCUT2D eigenvalue weighted by Gasteiger charge is 2.50. The lowest BCUT2D eigenvalue weighted by atomic mass is 9.88. The zero-order valence-electron chi connectivity index (χ0n) is 10.7. The van der Waals surface area contributed by atoms with Crippen molar-refractivity contribution in [2.75, 3.05) is 13.2 Å². The number of benzene rings is 1. The van der Waals surface area contributed by atoms with Crippen LogP contribution in [-0.4, -0.2) is 40.1 Å². The first kappa shape index (κ1) is 13.5. The van der Waals surface area contributed by atoms with Crippen LogP contribution in [0.25, 0.3) is 0 Å². The number of amides is 1. The number of rotatable bonds is 4. The quantitative estimate of drug-likeness (QED) is 0.851. The monoisotopic (exact) mass is 263 g/mol. The van der Waals surface area contributed by atoms with E-state index in [2.05, 4.69) is 0 Å². The van der Waals surface area contributed by atoms with Crippen molar-refractivity contribution in [3.63, 3.8) is 0 Å². The molecule has 1 aromatic carbocycles. The number of carbonyl (C=O) groups excluding carboxylic acids is 1. The Morgan fingerprint density at radius 2 is 2.05 bits per heavy atom. The predicted molar refractivity (Wildman–Crippen MR) is 68.3 cm³/mol. The molecule has 0 spiro atoms. The number of aliphatic hydroxyl groups excluding tert-OH is 1. The minimum absolute atomic E-state index is 0.0493. The van der Waals surface area contributed by atoms with Gasteiger partial charge in [0.1, 0.15) is 5.41 Å². The van der Waals surface area contributed by atoms with Crippen molar-refractivity contribution in [1.82, 2.24) is 4.90 Å². The molecule has 1 aromatic rings. The van der Waals surface area contributed by atoms with Crippen LogP contribution in [0.4, 0.5) is 0 Å². The Kier molecular flexibility index (Phi) is 3.57. The second kappa shape index (κ2) is 5.01. The van der Waals surface area contributed by atoms with Gasteiger partial charge in [0.05, 0.1) is 12.6 Å². The van der Waals surface area contributed by atoms with Gasteiger partial charge in [-0.25, -0.2) is 0 Å². The van der Waals surface area contributed by atoms with Gasteiger partial charge in [0.25, 0.3) is 0 Å². The molecular weight excluding hydrogens is 246 g/mol. The molecule has 5 nitrogen and oxygen atoms in total. The minimum atomic E-state index is -1.36. The van der Waals surface area contributed by atoms with Crippen molar-refractivity contribution in [2.45, 2.75) is 19.4 Å². The summed E-state index contributed by atoms with van der Waals surface area (Å²) in [6.45, 7) is 1.39. The van der Waals surface area contributed by atoms with Gasteiger partial charge in [-0.2, -0.15) is 0 Å². The number of aliphatic carboxylic acids is 1. The number of nitrogens with zero attached hydrogens (tertiary/aromatic N) is 1. The number of carboxylic acid groups (broad SMARTS) is 1. The Hall–Kier alpha value is -1.88. The van der Waals surface area contributed by atoms with Gasteiger partial charge < -0.3 is 15.1 Å². The first-order valence-electron chi connectivity index (χ1n) is 6.19. The molecule has 2 atom stereocenters. The Labute approximate surface area is 111 Å². The molecule has 1 heterocycles. The zero-order chi connectivity index (χ0) is 14.0. The number of hydrogen-bond donors (Lipinski definition) is 2. The summed E-state index contributed by atoms with van der Waals surface area (Å²) in [5.41, 5.74) is -0.407. The molecule has 0 aliphatic carbocycles. The Balaban J connectivity index is 2.23. The van der Waals surface area contributed by atoms with Crippen LogP contribution in [0.2, 0.25) is 0 Å². The largest absolute Gasteiger partial charge is 0.481 e. The third-order valence-electron chi connectivity index (χ3n) is 3.79. The lowest BCUT2D eigenvalue weighted by molar-refractivity contribution is -0.151. The summed E-state index contributed by atoms with van der Waals surface area (Å²) in [6, 6.07) is 9.25. The van der Waals surface area contributed by atoms with Crippen molar-refractivity contribution < 1.29 is 19.8 Å². The number of hydrogen-bond acceptors (Lipinski definition) is 3. The molecule has 102 valence electrons. The molecule has 2 N–H and O–H groups in total. The van der Waals surface area contributed by atoms with E-state index >= 15 is 0 Å². The smallest absolute Gasteiger partial charge is 0.314 e. The van der Waals surface area contributed by atoms with Gasteiger partial charge in [-0.3, -0.25) is 9.59 Å². The van der Waals surface area contributed by atoms with Crippen molar-refractivity contribution in [2.24, 2.45) is 5.41 Å². The van der Waals surface area contributed by atoms with Crippen LogP contribution in [0.3, 0.4) is 0 Å². The van der Waals surface area contributed by atoms with Crippen LogP contribution < -0.4 is 0 Å². The molecule has 0 radical (unpaired) electrons. The lowest BCUT2D eigenvalue weighted by Crippen LogP contribution is -2.38. The minimum Gasteiger partial charge on any atom is -0.481 e. The molecule has 5 heteroatoms. The molecule has 0 aromatic heterocycles. The molecule has 2 rings (SSSR count).